The van der Waals surface area contributed by atoms with Crippen molar-refractivity contribution < 1.29 is 28.6 Å². The van der Waals surface area contributed by atoms with Crippen LogP contribution in [0.2, 0.25) is 0 Å². The molecule has 0 saturated heterocycles. The molecule has 0 saturated carbocycles. The quantitative estimate of drug-likeness (QED) is 0.505. The number of hydrogen-bond acceptors (Lipinski definition) is 6. The van der Waals surface area contributed by atoms with Crippen molar-refractivity contribution >= 4 is 17.8 Å². The molecule has 1 N–H and O–H groups in total. The topological polar surface area (TPSA) is 90.9 Å². The molecule has 0 radical (unpaired) electrons. The first-order valence-electron chi connectivity index (χ1n) is 10.3. The van der Waals surface area contributed by atoms with E-state index >= 15 is 0 Å². The zero-order valence-corrected chi connectivity index (χ0v) is 18.4. The van der Waals surface area contributed by atoms with Gasteiger partial charge in [0.15, 0.2) is 0 Å². The number of nitrogens with one attached hydrogen (secondary N) is 1. The van der Waals surface area contributed by atoms with Gasteiger partial charge in [0.05, 0.1) is 19.8 Å². The third-order valence-electron chi connectivity index (χ3n) is 4.92. The van der Waals surface area contributed by atoms with Gasteiger partial charge in [-0.05, 0) is 41.5 Å². The van der Waals surface area contributed by atoms with Gasteiger partial charge in [-0.1, -0.05) is 48.5 Å². The van der Waals surface area contributed by atoms with E-state index < -0.39 is 23.9 Å². The highest BCUT2D eigenvalue weighted by Crippen LogP contribution is 2.17. The molecule has 0 bridgehead atoms. The molecule has 33 heavy (non-hydrogen) atoms. The monoisotopic (exact) mass is 447 g/mol. The van der Waals surface area contributed by atoms with Gasteiger partial charge in [0.25, 0.3) is 5.91 Å². The predicted octanol–water partition coefficient (Wildman–Crippen LogP) is 3.57. The van der Waals surface area contributed by atoms with Crippen LogP contribution < -0.4 is 10.1 Å². The van der Waals surface area contributed by atoms with Crippen LogP contribution in [0, 0.1) is 0 Å². The van der Waals surface area contributed by atoms with Crippen LogP contribution in [0.25, 0.3) is 0 Å². The molecule has 3 rings (SSSR count). The number of benzene rings is 3. The summed E-state index contributed by atoms with van der Waals surface area (Å²) < 4.78 is 15.4. The van der Waals surface area contributed by atoms with Crippen molar-refractivity contribution in [3.8, 4) is 5.75 Å². The Kier molecular flexibility index (Phi) is 8.18. The number of ether oxygens (including phenoxy) is 3. The number of amides is 1. The van der Waals surface area contributed by atoms with Crippen LogP contribution >= 0.6 is 0 Å². The molecule has 0 heterocycles. The molecule has 0 fully saturated rings. The predicted molar refractivity (Wildman–Crippen MR) is 122 cm³/mol. The maximum Gasteiger partial charge on any atom is 0.337 e. The lowest BCUT2D eigenvalue weighted by Gasteiger charge is -2.17. The Labute approximate surface area is 192 Å². The van der Waals surface area contributed by atoms with E-state index in [1.807, 2.05) is 54.6 Å². The highest BCUT2D eigenvalue weighted by molar-refractivity contribution is 5.99. The Morgan fingerprint density at radius 3 is 2.21 bits per heavy atom. The van der Waals surface area contributed by atoms with E-state index in [0.717, 1.165) is 11.1 Å². The molecule has 0 unspecified atom stereocenters. The minimum Gasteiger partial charge on any atom is -0.489 e. The lowest BCUT2D eigenvalue weighted by Crippen LogP contribution is -2.43. The summed E-state index contributed by atoms with van der Waals surface area (Å²) in [5.74, 6) is -0.991. The molecule has 170 valence electrons. The number of rotatable bonds is 9. The fourth-order valence-electron chi connectivity index (χ4n) is 3.22. The van der Waals surface area contributed by atoms with Gasteiger partial charge >= 0.3 is 11.9 Å². The molecule has 0 aromatic heterocycles. The Morgan fingerprint density at radius 2 is 1.48 bits per heavy atom. The molecule has 1 atom stereocenters. The minimum atomic E-state index is -0.923. The highest BCUT2D eigenvalue weighted by Gasteiger charge is 2.23. The van der Waals surface area contributed by atoms with E-state index in [1.54, 1.807) is 18.2 Å². The first-order valence-corrected chi connectivity index (χ1v) is 10.3. The number of methoxy groups -OCH3 is 2. The van der Waals surface area contributed by atoms with Gasteiger partial charge in [0.2, 0.25) is 0 Å². The second-order valence-corrected chi connectivity index (χ2v) is 7.25. The first-order chi connectivity index (χ1) is 16.0. The molecular formula is C26H25NO6. The molecule has 0 aliphatic heterocycles. The van der Waals surface area contributed by atoms with E-state index in [9.17, 15) is 14.4 Å². The summed E-state index contributed by atoms with van der Waals surface area (Å²) in [5.41, 5.74) is 2.30. The van der Waals surface area contributed by atoms with Gasteiger partial charge in [-0.25, -0.2) is 9.59 Å². The Hall–Kier alpha value is -4.13. The standard InChI is InChI=1S/C26H25NO6/c1-31-25(29)21-12-7-11-20(16-21)24(28)27-23(26(30)32-2)15-19-10-6-13-22(14-19)33-17-18-8-4-3-5-9-18/h3-14,16,23H,15,17H2,1-2H3,(H,27,28)/t23-/m0/s1. The smallest absolute Gasteiger partial charge is 0.337 e. The van der Waals surface area contributed by atoms with Crippen LogP contribution in [0.3, 0.4) is 0 Å². The van der Waals surface area contributed by atoms with Crippen LogP contribution in [-0.4, -0.2) is 38.1 Å². The zero-order valence-electron chi connectivity index (χ0n) is 18.4. The van der Waals surface area contributed by atoms with Crippen LogP contribution in [0.5, 0.6) is 5.75 Å². The number of carbonyl (C=O) groups is 3. The largest absolute Gasteiger partial charge is 0.489 e. The van der Waals surface area contributed by atoms with Crippen LogP contribution in [-0.2, 0) is 27.3 Å². The van der Waals surface area contributed by atoms with Crippen molar-refractivity contribution in [3.05, 3.63) is 101 Å². The number of carbonyl (C=O) groups excluding carboxylic acids is 3. The molecule has 3 aromatic rings. The molecule has 0 aliphatic rings. The highest BCUT2D eigenvalue weighted by atomic mass is 16.5. The van der Waals surface area contributed by atoms with Gasteiger partial charge in [0, 0.05) is 12.0 Å². The minimum absolute atomic E-state index is 0.206. The van der Waals surface area contributed by atoms with Crippen molar-refractivity contribution in [3.63, 3.8) is 0 Å². The summed E-state index contributed by atoms with van der Waals surface area (Å²) in [5, 5.41) is 2.69. The fraction of sp³-hybridized carbons (Fsp3) is 0.192. The van der Waals surface area contributed by atoms with Crippen molar-refractivity contribution in [1.29, 1.82) is 0 Å². The third-order valence-corrected chi connectivity index (χ3v) is 4.92. The second-order valence-electron chi connectivity index (χ2n) is 7.25. The fourth-order valence-corrected chi connectivity index (χ4v) is 3.22. The lowest BCUT2D eigenvalue weighted by molar-refractivity contribution is -0.142. The van der Waals surface area contributed by atoms with E-state index in [0.29, 0.717) is 12.4 Å². The summed E-state index contributed by atoms with van der Waals surface area (Å²) in [6, 6.07) is 22.2. The first kappa shape index (κ1) is 23.5. The van der Waals surface area contributed by atoms with Gasteiger partial charge < -0.3 is 19.5 Å². The zero-order chi connectivity index (χ0) is 23.6. The normalized spacial score (nSPS) is 11.2. The maximum absolute atomic E-state index is 12.8. The lowest BCUT2D eigenvalue weighted by atomic mass is 10.0. The summed E-state index contributed by atoms with van der Waals surface area (Å²) in [6.07, 6.45) is 0.206. The summed E-state index contributed by atoms with van der Waals surface area (Å²) in [7, 11) is 2.53. The number of esters is 2. The van der Waals surface area contributed by atoms with E-state index in [1.165, 1.54) is 20.3 Å². The summed E-state index contributed by atoms with van der Waals surface area (Å²) in [4.78, 5) is 36.9. The van der Waals surface area contributed by atoms with E-state index in [4.69, 9.17) is 9.47 Å². The van der Waals surface area contributed by atoms with Crippen molar-refractivity contribution in [2.24, 2.45) is 0 Å². The van der Waals surface area contributed by atoms with Crippen molar-refractivity contribution in [2.45, 2.75) is 19.1 Å². The average Bonchev–Trinajstić information content (AvgIpc) is 2.87. The van der Waals surface area contributed by atoms with Crippen LogP contribution in [0.15, 0.2) is 78.9 Å². The summed E-state index contributed by atoms with van der Waals surface area (Å²) >= 11 is 0. The third kappa shape index (κ3) is 6.67. The molecule has 0 spiro atoms. The number of hydrogen-bond donors (Lipinski definition) is 1. The molecular weight excluding hydrogens is 422 g/mol. The van der Waals surface area contributed by atoms with E-state index in [2.05, 4.69) is 10.1 Å². The van der Waals surface area contributed by atoms with Crippen molar-refractivity contribution in [2.75, 3.05) is 14.2 Å². The average molecular weight is 447 g/mol. The molecule has 7 nitrogen and oxygen atoms in total. The molecule has 0 aliphatic carbocycles. The second kappa shape index (κ2) is 11.5. The van der Waals surface area contributed by atoms with Crippen LogP contribution in [0.4, 0.5) is 0 Å². The maximum atomic E-state index is 12.8. The molecule has 3 aromatic carbocycles. The van der Waals surface area contributed by atoms with Crippen LogP contribution in [0.1, 0.15) is 31.8 Å². The van der Waals surface area contributed by atoms with E-state index in [-0.39, 0.29) is 17.5 Å². The Morgan fingerprint density at radius 1 is 0.788 bits per heavy atom. The van der Waals surface area contributed by atoms with Crippen molar-refractivity contribution in [1.82, 2.24) is 5.32 Å². The van der Waals surface area contributed by atoms with Gasteiger partial charge in [0.1, 0.15) is 18.4 Å². The summed E-state index contributed by atoms with van der Waals surface area (Å²) in [6.45, 7) is 0.415. The molecule has 7 heteroatoms. The molecule has 1 amide bonds. The van der Waals surface area contributed by atoms with Gasteiger partial charge in [-0.2, -0.15) is 0 Å². The Balaban J connectivity index is 1.70. The van der Waals surface area contributed by atoms with Gasteiger partial charge in [-0.15, -0.1) is 0 Å². The Bertz CT molecular complexity index is 1110. The van der Waals surface area contributed by atoms with Gasteiger partial charge in [-0.3, -0.25) is 4.79 Å². The SMILES string of the molecule is COC(=O)c1cccc(C(=O)N[C@@H](Cc2cccc(OCc3ccccc3)c2)C(=O)OC)c1.